The average Bonchev–Trinajstić information content (AvgIpc) is 3.21. The zero-order valence-corrected chi connectivity index (χ0v) is 13.7. The van der Waals surface area contributed by atoms with E-state index in [1.807, 2.05) is 16.8 Å². The Hall–Kier alpha value is -2.67. The van der Waals surface area contributed by atoms with Crippen molar-refractivity contribution in [1.82, 2.24) is 24.6 Å². The van der Waals surface area contributed by atoms with Crippen LogP contribution in [0.25, 0.3) is 10.9 Å². The fourth-order valence-corrected chi connectivity index (χ4v) is 2.83. The molecule has 3 N–H and O–H groups in total. The van der Waals surface area contributed by atoms with E-state index in [0.29, 0.717) is 13.0 Å². The minimum atomic E-state index is -0.283. The predicted octanol–water partition coefficient (Wildman–Crippen LogP) is 1.46. The zero-order valence-electron chi connectivity index (χ0n) is 13.7. The summed E-state index contributed by atoms with van der Waals surface area (Å²) in [5.41, 5.74) is 7.61. The van der Waals surface area contributed by atoms with Crippen LogP contribution in [0.5, 0.6) is 0 Å². The summed E-state index contributed by atoms with van der Waals surface area (Å²) in [6.45, 7) is 4.25. The number of fused-ring (bicyclic) bond motifs is 1. The number of primary amides is 1. The molecular weight excluding hydrogens is 304 g/mol. The van der Waals surface area contributed by atoms with Gasteiger partial charge in [0.25, 0.3) is 0 Å². The number of para-hydroxylation sites is 1. The number of aryl methyl sites for hydroxylation is 1. The molecule has 0 aliphatic carbocycles. The number of nitrogens with two attached hydrogens (primary N) is 1. The SMILES string of the molecule is C[C@H](CNCc1cn(CCC(N)=O)c2ccccc12)n1cncn1. The standard InChI is InChI=1S/C17H22N6O/c1-13(23-12-20-11-21-23)8-19-9-14-10-22(7-6-17(18)24)16-5-3-2-4-15(14)16/h2-5,10-13,19H,6-9H2,1H3,(H2,18,24)/t13-/m1/s1. The Morgan fingerprint density at radius 1 is 1.38 bits per heavy atom. The average molecular weight is 326 g/mol. The van der Waals surface area contributed by atoms with Gasteiger partial charge in [-0.1, -0.05) is 18.2 Å². The van der Waals surface area contributed by atoms with Gasteiger partial charge >= 0.3 is 0 Å². The molecule has 0 aliphatic heterocycles. The summed E-state index contributed by atoms with van der Waals surface area (Å²) < 4.78 is 3.93. The maximum atomic E-state index is 11.1. The van der Waals surface area contributed by atoms with Crippen LogP contribution in [0, 0.1) is 0 Å². The molecule has 7 heteroatoms. The van der Waals surface area contributed by atoms with Crippen molar-refractivity contribution in [2.45, 2.75) is 32.5 Å². The van der Waals surface area contributed by atoms with Crippen LogP contribution in [-0.4, -0.2) is 31.8 Å². The van der Waals surface area contributed by atoms with Crippen LogP contribution < -0.4 is 11.1 Å². The van der Waals surface area contributed by atoms with E-state index in [1.165, 1.54) is 10.9 Å². The van der Waals surface area contributed by atoms with Gasteiger partial charge < -0.3 is 15.6 Å². The second kappa shape index (κ2) is 7.27. The number of carbonyl (C=O) groups is 1. The molecule has 1 amide bonds. The molecule has 3 rings (SSSR count). The summed E-state index contributed by atoms with van der Waals surface area (Å²) >= 11 is 0. The smallest absolute Gasteiger partial charge is 0.219 e. The van der Waals surface area contributed by atoms with Crippen molar-refractivity contribution in [3.05, 3.63) is 48.7 Å². The van der Waals surface area contributed by atoms with Crippen molar-refractivity contribution in [3.63, 3.8) is 0 Å². The molecular formula is C17H22N6O. The molecule has 0 radical (unpaired) electrons. The Morgan fingerprint density at radius 3 is 2.96 bits per heavy atom. The van der Waals surface area contributed by atoms with Crippen LogP contribution in [0.15, 0.2) is 43.1 Å². The number of hydrogen-bond acceptors (Lipinski definition) is 4. The van der Waals surface area contributed by atoms with Gasteiger partial charge in [-0.15, -0.1) is 0 Å². The highest BCUT2D eigenvalue weighted by molar-refractivity contribution is 5.84. The minimum absolute atomic E-state index is 0.232. The highest BCUT2D eigenvalue weighted by atomic mass is 16.1. The van der Waals surface area contributed by atoms with Crippen molar-refractivity contribution < 1.29 is 4.79 Å². The molecule has 0 fully saturated rings. The molecule has 0 unspecified atom stereocenters. The lowest BCUT2D eigenvalue weighted by Gasteiger charge is -2.12. The van der Waals surface area contributed by atoms with Crippen LogP contribution in [0.4, 0.5) is 0 Å². The highest BCUT2D eigenvalue weighted by Crippen LogP contribution is 2.21. The molecule has 24 heavy (non-hydrogen) atoms. The van der Waals surface area contributed by atoms with Gasteiger partial charge in [-0.25, -0.2) is 9.67 Å². The van der Waals surface area contributed by atoms with Gasteiger partial charge in [-0.05, 0) is 18.6 Å². The van der Waals surface area contributed by atoms with Gasteiger partial charge in [-0.3, -0.25) is 4.79 Å². The van der Waals surface area contributed by atoms with E-state index in [1.54, 1.807) is 12.7 Å². The number of carbonyl (C=O) groups excluding carboxylic acids is 1. The third kappa shape index (κ3) is 3.62. The topological polar surface area (TPSA) is 90.8 Å². The first-order valence-electron chi connectivity index (χ1n) is 8.05. The molecule has 0 saturated heterocycles. The van der Waals surface area contributed by atoms with Crippen LogP contribution in [0.3, 0.4) is 0 Å². The summed E-state index contributed by atoms with van der Waals surface area (Å²) in [6.07, 6.45) is 5.71. The quantitative estimate of drug-likeness (QED) is 0.655. The van der Waals surface area contributed by atoms with E-state index in [-0.39, 0.29) is 11.9 Å². The van der Waals surface area contributed by atoms with Crippen molar-refractivity contribution in [2.24, 2.45) is 5.73 Å². The second-order valence-corrected chi connectivity index (χ2v) is 5.94. The monoisotopic (exact) mass is 326 g/mol. The number of aromatic nitrogens is 4. The zero-order chi connectivity index (χ0) is 16.9. The first kappa shape index (κ1) is 16.2. The van der Waals surface area contributed by atoms with Gasteiger partial charge in [0.2, 0.25) is 5.91 Å². The molecule has 0 bridgehead atoms. The number of rotatable bonds is 8. The van der Waals surface area contributed by atoms with Gasteiger partial charge in [0.1, 0.15) is 12.7 Å². The number of amides is 1. The van der Waals surface area contributed by atoms with E-state index in [0.717, 1.165) is 18.6 Å². The van der Waals surface area contributed by atoms with Crippen molar-refractivity contribution in [3.8, 4) is 0 Å². The summed E-state index contributed by atoms with van der Waals surface area (Å²) in [5.74, 6) is -0.283. The maximum absolute atomic E-state index is 11.1. The fourth-order valence-electron chi connectivity index (χ4n) is 2.83. The Balaban J connectivity index is 1.68. The van der Waals surface area contributed by atoms with Crippen molar-refractivity contribution in [2.75, 3.05) is 6.54 Å². The van der Waals surface area contributed by atoms with Crippen molar-refractivity contribution >= 4 is 16.8 Å². The number of benzene rings is 1. The summed E-state index contributed by atoms with van der Waals surface area (Å²) in [6, 6.07) is 8.44. The summed E-state index contributed by atoms with van der Waals surface area (Å²) in [5, 5.41) is 8.82. The second-order valence-electron chi connectivity index (χ2n) is 5.94. The molecule has 7 nitrogen and oxygen atoms in total. The lowest BCUT2D eigenvalue weighted by Crippen LogP contribution is -2.23. The first-order valence-corrected chi connectivity index (χ1v) is 8.05. The molecule has 1 atom stereocenters. The number of hydrogen-bond donors (Lipinski definition) is 2. The van der Waals surface area contributed by atoms with Gasteiger partial charge in [0.15, 0.2) is 0 Å². The van der Waals surface area contributed by atoms with Crippen LogP contribution in [0.1, 0.15) is 24.9 Å². The third-order valence-electron chi connectivity index (χ3n) is 4.11. The minimum Gasteiger partial charge on any atom is -0.370 e. The molecule has 2 heterocycles. The lowest BCUT2D eigenvalue weighted by atomic mass is 10.2. The van der Waals surface area contributed by atoms with E-state index in [4.69, 9.17) is 5.73 Å². The maximum Gasteiger partial charge on any atom is 0.219 e. The third-order valence-corrected chi connectivity index (χ3v) is 4.11. The van der Waals surface area contributed by atoms with Crippen molar-refractivity contribution in [1.29, 1.82) is 0 Å². The largest absolute Gasteiger partial charge is 0.370 e. The molecule has 2 aromatic heterocycles. The van der Waals surface area contributed by atoms with E-state index >= 15 is 0 Å². The Labute approximate surface area is 140 Å². The fraction of sp³-hybridized carbons (Fsp3) is 0.353. The molecule has 3 aromatic rings. The van der Waals surface area contributed by atoms with E-state index in [2.05, 4.69) is 45.2 Å². The Morgan fingerprint density at radius 2 is 2.21 bits per heavy atom. The van der Waals surface area contributed by atoms with Gasteiger partial charge in [0, 0.05) is 43.2 Å². The Kier molecular flexibility index (Phi) is 4.90. The predicted molar refractivity (Wildman–Crippen MR) is 92.2 cm³/mol. The summed E-state index contributed by atoms with van der Waals surface area (Å²) in [7, 11) is 0. The first-order chi connectivity index (χ1) is 11.6. The Bertz CT molecular complexity index is 808. The van der Waals surface area contributed by atoms with Crippen LogP contribution in [-0.2, 0) is 17.9 Å². The number of nitrogens with one attached hydrogen (secondary N) is 1. The lowest BCUT2D eigenvalue weighted by molar-refractivity contribution is -0.118. The van der Waals surface area contributed by atoms with Crippen LogP contribution >= 0.6 is 0 Å². The van der Waals surface area contributed by atoms with E-state index in [9.17, 15) is 4.79 Å². The molecule has 1 aromatic carbocycles. The molecule has 126 valence electrons. The molecule has 0 saturated carbocycles. The number of nitrogens with zero attached hydrogens (tertiary/aromatic N) is 4. The molecule has 0 aliphatic rings. The normalized spacial score (nSPS) is 12.5. The highest BCUT2D eigenvalue weighted by Gasteiger charge is 2.10. The van der Waals surface area contributed by atoms with Crippen LogP contribution in [0.2, 0.25) is 0 Å². The summed E-state index contributed by atoms with van der Waals surface area (Å²) in [4.78, 5) is 15.0. The van der Waals surface area contributed by atoms with E-state index < -0.39 is 0 Å². The molecule has 0 spiro atoms. The van der Waals surface area contributed by atoms with Gasteiger partial charge in [-0.2, -0.15) is 5.10 Å². The van der Waals surface area contributed by atoms with Gasteiger partial charge in [0.05, 0.1) is 6.04 Å².